The Morgan fingerprint density at radius 2 is 1.08 bits per heavy atom. The van der Waals surface area contributed by atoms with Gasteiger partial charge in [-0.15, -0.1) is 0 Å². The molecule has 0 aliphatic carbocycles. The molecule has 0 saturated heterocycles. The molecule has 0 amide bonds. The van der Waals surface area contributed by atoms with Crippen molar-refractivity contribution < 1.29 is 0 Å². The molecule has 6 aromatic rings. The quantitative estimate of drug-likeness (QED) is 0.308. The molecule has 0 saturated carbocycles. The Labute approximate surface area is 149 Å². The lowest BCUT2D eigenvalue weighted by Gasteiger charge is -2.15. The van der Waals surface area contributed by atoms with Gasteiger partial charge in [-0.2, -0.15) is 0 Å². The summed E-state index contributed by atoms with van der Waals surface area (Å²) in [6, 6.07) is 23.6. The molecule has 2 nitrogen and oxygen atoms in total. The average molecular weight is 330 g/mol. The fourth-order valence-corrected chi connectivity index (χ4v) is 4.32. The SMILES string of the molecule is c1ccc2c(c1)c1cnccc1c1c3ccccc3c3ncccc3c21. The third kappa shape index (κ3) is 1.66. The van der Waals surface area contributed by atoms with Gasteiger partial charge < -0.3 is 0 Å². The number of benzene rings is 4. The van der Waals surface area contributed by atoms with Gasteiger partial charge in [0.2, 0.25) is 0 Å². The minimum absolute atomic E-state index is 1.06. The van der Waals surface area contributed by atoms with Crippen LogP contribution in [0.15, 0.2) is 85.3 Å². The molecule has 0 spiro atoms. The van der Waals surface area contributed by atoms with Gasteiger partial charge >= 0.3 is 0 Å². The van der Waals surface area contributed by atoms with Crippen LogP contribution in [0.5, 0.6) is 0 Å². The minimum atomic E-state index is 1.06. The molecule has 0 fully saturated rings. The van der Waals surface area contributed by atoms with Crippen LogP contribution in [0.2, 0.25) is 0 Å². The van der Waals surface area contributed by atoms with Crippen molar-refractivity contribution in [2.75, 3.05) is 0 Å². The summed E-state index contributed by atoms with van der Waals surface area (Å²) in [5, 5.41) is 11.2. The second-order valence-corrected chi connectivity index (χ2v) is 6.66. The Morgan fingerprint density at radius 1 is 0.462 bits per heavy atom. The van der Waals surface area contributed by atoms with Crippen molar-refractivity contribution >= 4 is 54.0 Å². The van der Waals surface area contributed by atoms with E-state index in [1.54, 1.807) is 0 Å². The van der Waals surface area contributed by atoms with Crippen LogP contribution >= 0.6 is 0 Å². The topological polar surface area (TPSA) is 25.8 Å². The van der Waals surface area contributed by atoms with Crippen LogP contribution in [0, 0.1) is 0 Å². The van der Waals surface area contributed by atoms with Crippen LogP contribution in [0.1, 0.15) is 0 Å². The summed E-state index contributed by atoms with van der Waals surface area (Å²) in [6.45, 7) is 0. The maximum Gasteiger partial charge on any atom is 0.0786 e. The highest BCUT2D eigenvalue weighted by molar-refractivity contribution is 6.38. The number of rotatable bonds is 0. The molecular formula is C24H14N2. The van der Waals surface area contributed by atoms with Crippen LogP contribution in [-0.4, -0.2) is 9.97 Å². The first kappa shape index (κ1) is 13.7. The summed E-state index contributed by atoms with van der Waals surface area (Å²) in [7, 11) is 0. The van der Waals surface area contributed by atoms with Gasteiger partial charge in [0, 0.05) is 40.1 Å². The van der Waals surface area contributed by atoms with Gasteiger partial charge in [-0.3, -0.25) is 9.97 Å². The number of aromatic nitrogens is 2. The van der Waals surface area contributed by atoms with E-state index in [-0.39, 0.29) is 0 Å². The summed E-state index contributed by atoms with van der Waals surface area (Å²) in [5.74, 6) is 0. The van der Waals surface area contributed by atoms with Gasteiger partial charge in [0.1, 0.15) is 0 Å². The van der Waals surface area contributed by atoms with E-state index in [4.69, 9.17) is 4.98 Å². The Kier molecular flexibility index (Phi) is 2.64. The second-order valence-electron chi connectivity index (χ2n) is 6.66. The first-order valence-corrected chi connectivity index (χ1v) is 8.77. The zero-order valence-corrected chi connectivity index (χ0v) is 14.0. The number of hydrogen-bond donors (Lipinski definition) is 0. The molecule has 6 rings (SSSR count). The molecule has 0 N–H and O–H groups in total. The van der Waals surface area contributed by atoms with Crippen LogP contribution in [-0.2, 0) is 0 Å². The van der Waals surface area contributed by atoms with Gasteiger partial charge in [-0.25, -0.2) is 0 Å². The Balaban J connectivity index is 2.14. The fraction of sp³-hybridized carbons (Fsp3) is 0. The van der Waals surface area contributed by atoms with E-state index in [1.807, 2.05) is 24.7 Å². The molecule has 4 aromatic carbocycles. The van der Waals surface area contributed by atoms with E-state index in [0.29, 0.717) is 0 Å². The molecule has 2 heterocycles. The minimum Gasteiger partial charge on any atom is -0.264 e. The molecule has 2 aromatic heterocycles. The summed E-state index contributed by atoms with van der Waals surface area (Å²) in [6.07, 6.45) is 5.76. The number of nitrogens with zero attached hydrogens (tertiary/aromatic N) is 2. The maximum atomic E-state index is 4.73. The third-order valence-corrected chi connectivity index (χ3v) is 5.36. The van der Waals surface area contributed by atoms with Gasteiger partial charge in [-0.1, -0.05) is 54.6 Å². The van der Waals surface area contributed by atoms with Crippen molar-refractivity contribution in [3.05, 3.63) is 85.3 Å². The number of pyridine rings is 2. The summed E-state index contributed by atoms with van der Waals surface area (Å²) in [5.41, 5.74) is 1.06. The lowest BCUT2D eigenvalue weighted by molar-refractivity contribution is 1.37. The molecule has 0 aliphatic heterocycles. The lowest BCUT2D eigenvalue weighted by atomic mass is 9.89. The summed E-state index contributed by atoms with van der Waals surface area (Å²) >= 11 is 0. The largest absolute Gasteiger partial charge is 0.264 e. The normalized spacial score (nSPS) is 11.8. The molecule has 2 heteroatoms. The zero-order chi connectivity index (χ0) is 17.1. The smallest absolute Gasteiger partial charge is 0.0786 e. The van der Waals surface area contributed by atoms with Crippen molar-refractivity contribution in [3.63, 3.8) is 0 Å². The van der Waals surface area contributed by atoms with E-state index in [9.17, 15) is 0 Å². The monoisotopic (exact) mass is 330 g/mol. The zero-order valence-electron chi connectivity index (χ0n) is 14.0. The van der Waals surface area contributed by atoms with Gasteiger partial charge in [-0.05, 0) is 39.1 Å². The molecule has 0 atom stereocenters. The first-order valence-electron chi connectivity index (χ1n) is 8.77. The molecule has 0 bridgehead atoms. The molecule has 0 unspecified atom stereocenters. The van der Waals surface area contributed by atoms with Crippen LogP contribution in [0.25, 0.3) is 54.0 Å². The van der Waals surface area contributed by atoms with Crippen molar-refractivity contribution in [2.24, 2.45) is 0 Å². The predicted molar refractivity (Wildman–Crippen MR) is 110 cm³/mol. The fourth-order valence-electron chi connectivity index (χ4n) is 4.32. The van der Waals surface area contributed by atoms with Crippen LogP contribution in [0.4, 0.5) is 0 Å². The Morgan fingerprint density at radius 3 is 1.92 bits per heavy atom. The maximum absolute atomic E-state index is 4.73. The highest BCUT2D eigenvalue weighted by atomic mass is 14.6. The lowest BCUT2D eigenvalue weighted by Crippen LogP contribution is -1.89. The van der Waals surface area contributed by atoms with Gasteiger partial charge in [0.05, 0.1) is 5.52 Å². The van der Waals surface area contributed by atoms with Gasteiger partial charge in [0.25, 0.3) is 0 Å². The highest BCUT2D eigenvalue weighted by Gasteiger charge is 2.15. The first-order chi connectivity index (χ1) is 12.9. The van der Waals surface area contributed by atoms with E-state index in [2.05, 4.69) is 65.6 Å². The van der Waals surface area contributed by atoms with E-state index < -0.39 is 0 Å². The van der Waals surface area contributed by atoms with Gasteiger partial charge in [0.15, 0.2) is 0 Å². The Hall–Kier alpha value is -3.52. The molecule has 26 heavy (non-hydrogen) atoms. The van der Waals surface area contributed by atoms with E-state index in [1.165, 1.54) is 48.5 Å². The average Bonchev–Trinajstić information content (AvgIpc) is 2.73. The van der Waals surface area contributed by atoms with E-state index in [0.717, 1.165) is 5.52 Å². The molecule has 0 aliphatic rings. The molecule has 120 valence electrons. The number of fused-ring (bicyclic) bond motifs is 11. The standard InChI is InChI=1S/C24H14N2/c1-2-7-16-15(6-1)21-14-25-13-11-18(21)22-17-8-3-4-9-19(17)24-20(23(16)22)10-5-12-26-24/h1-14H. The number of hydrogen-bond acceptors (Lipinski definition) is 2. The van der Waals surface area contributed by atoms with Crippen molar-refractivity contribution in [1.82, 2.24) is 9.97 Å². The summed E-state index contributed by atoms with van der Waals surface area (Å²) < 4.78 is 0. The highest BCUT2D eigenvalue weighted by Crippen LogP contribution is 2.42. The molecular weight excluding hydrogens is 316 g/mol. The molecule has 0 radical (unpaired) electrons. The van der Waals surface area contributed by atoms with Crippen molar-refractivity contribution in [3.8, 4) is 0 Å². The van der Waals surface area contributed by atoms with Crippen LogP contribution < -0.4 is 0 Å². The Bertz CT molecular complexity index is 1260. The summed E-state index contributed by atoms with van der Waals surface area (Å²) in [4.78, 5) is 9.13. The third-order valence-electron chi connectivity index (χ3n) is 5.36. The second kappa shape index (κ2) is 4.99. The van der Waals surface area contributed by atoms with Crippen molar-refractivity contribution in [1.29, 1.82) is 0 Å². The predicted octanol–water partition coefficient (Wildman–Crippen LogP) is 6.24. The van der Waals surface area contributed by atoms with Crippen molar-refractivity contribution in [2.45, 2.75) is 0 Å². The van der Waals surface area contributed by atoms with Crippen LogP contribution in [0.3, 0.4) is 0 Å². The van der Waals surface area contributed by atoms with E-state index >= 15 is 0 Å².